The minimum Gasteiger partial charge on any atom is -0.395 e. The molecule has 0 fully saturated rings. The van der Waals surface area contributed by atoms with Gasteiger partial charge in [0, 0.05) is 13.1 Å². The van der Waals surface area contributed by atoms with Crippen molar-refractivity contribution < 1.29 is 21.9 Å². The zero-order valence-electron chi connectivity index (χ0n) is 11.6. The predicted octanol–water partition coefficient (Wildman–Crippen LogP) is -0.236. The van der Waals surface area contributed by atoms with E-state index in [9.17, 15) is 16.8 Å². The normalized spacial score (nSPS) is 12.5. The smallest absolute Gasteiger partial charge is 0.243 e. The van der Waals surface area contributed by atoms with Crippen LogP contribution in [0.5, 0.6) is 0 Å². The molecule has 0 amide bonds. The van der Waals surface area contributed by atoms with Gasteiger partial charge in [-0.3, -0.25) is 0 Å². The number of hydrogen-bond acceptors (Lipinski definition) is 5. The van der Waals surface area contributed by atoms with Crippen molar-refractivity contribution in [2.75, 3.05) is 26.7 Å². The van der Waals surface area contributed by atoms with Crippen molar-refractivity contribution in [1.82, 2.24) is 9.03 Å². The first-order chi connectivity index (χ1) is 9.79. The van der Waals surface area contributed by atoms with Crippen LogP contribution in [0.1, 0.15) is 0 Å². The topological polar surface area (TPSA) is 104 Å². The molecule has 0 aromatic heterocycles. The molecular weight excluding hydrogens is 316 g/mol. The third kappa shape index (κ3) is 4.11. The van der Waals surface area contributed by atoms with Crippen molar-refractivity contribution >= 4 is 20.0 Å². The Hall–Kier alpha value is -1.26. The van der Waals surface area contributed by atoms with E-state index in [2.05, 4.69) is 11.3 Å². The molecule has 0 saturated carbocycles. The molecule has 0 heterocycles. The van der Waals surface area contributed by atoms with Crippen molar-refractivity contribution in [3.63, 3.8) is 0 Å². The number of hydrogen-bond donors (Lipinski definition) is 2. The lowest BCUT2D eigenvalue weighted by atomic mass is 10.4. The Morgan fingerprint density at radius 2 is 1.71 bits per heavy atom. The minimum atomic E-state index is -3.81. The molecule has 0 aliphatic heterocycles. The standard InChI is InChI=1S/C12H18N2O5S2/c1-3-8-14(9-10-15)21(18,19)12-6-4-11(5-7-12)20(16,17)13-2/h3-7,13,15H,1,8-10H2,2H3. The van der Waals surface area contributed by atoms with E-state index in [0.29, 0.717) is 0 Å². The average Bonchev–Trinajstić information content (AvgIpc) is 2.47. The van der Waals surface area contributed by atoms with Gasteiger partial charge < -0.3 is 5.11 Å². The molecule has 21 heavy (non-hydrogen) atoms. The van der Waals surface area contributed by atoms with Crippen LogP contribution >= 0.6 is 0 Å². The summed E-state index contributed by atoms with van der Waals surface area (Å²) in [5.41, 5.74) is 0. The lowest BCUT2D eigenvalue weighted by Crippen LogP contribution is -2.33. The Kier molecular flexibility index (Phi) is 6.05. The summed E-state index contributed by atoms with van der Waals surface area (Å²) in [5, 5.41) is 8.93. The highest BCUT2D eigenvalue weighted by Gasteiger charge is 2.23. The molecule has 1 rings (SSSR count). The third-order valence-corrected chi connectivity index (χ3v) is 6.03. The molecule has 9 heteroatoms. The van der Waals surface area contributed by atoms with Crippen LogP contribution in [0.3, 0.4) is 0 Å². The number of nitrogens with zero attached hydrogens (tertiary/aromatic N) is 1. The highest BCUT2D eigenvalue weighted by Crippen LogP contribution is 2.18. The maximum absolute atomic E-state index is 12.3. The van der Waals surface area contributed by atoms with E-state index >= 15 is 0 Å². The van der Waals surface area contributed by atoms with Crippen LogP contribution in [-0.2, 0) is 20.0 Å². The molecule has 2 N–H and O–H groups in total. The summed E-state index contributed by atoms with van der Waals surface area (Å²) in [6.07, 6.45) is 1.41. The fourth-order valence-electron chi connectivity index (χ4n) is 1.62. The van der Waals surface area contributed by atoms with Gasteiger partial charge in [-0.2, -0.15) is 4.31 Å². The summed E-state index contributed by atoms with van der Waals surface area (Å²) < 4.78 is 51.1. The van der Waals surface area contributed by atoms with Crippen LogP contribution in [0.15, 0.2) is 46.7 Å². The predicted molar refractivity (Wildman–Crippen MR) is 78.7 cm³/mol. The molecule has 0 unspecified atom stereocenters. The number of sulfonamides is 2. The van der Waals surface area contributed by atoms with Crippen molar-refractivity contribution in [3.8, 4) is 0 Å². The molecular formula is C12H18N2O5S2. The number of nitrogens with one attached hydrogen (secondary N) is 1. The number of aliphatic hydroxyl groups is 1. The molecule has 0 spiro atoms. The van der Waals surface area contributed by atoms with Gasteiger partial charge in [-0.15, -0.1) is 6.58 Å². The Balaban J connectivity index is 3.18. The van der Waals surface area contributed by atoms with E-state index in [-0.39, 0.29) is 29.5 Å². The van der Waals surface area contributed by atoms with Gasteiger partial charge >= 0.3 is 0 Å². The Morgan fingerprint density at radius 3 is 2.14 bits per heavy atom. The fourth-order valence-corrected chi connectivity index (χ4v) is 3.75. The van der Waals surface area contributed by atoms with Crippen LogP contribution in [0.2, 0.25) is 0 Å². The summed E-state index contributed by atoms with van der Waals surface area (Å²) in [6, 6.07) is 4.85. The van der Waals surface area contributed by atoms with Crippen molar-refractivity contribution in [2.24, 2.45) is 0 Å². The number of rotatable bonds is 8. The molecule has 0 aliphatic carbocycles. The molecule has 0 saturated heterocycles. The van der Waals surface area contributed by atoms with E-state index in [0.717, 1.165) is 4.31 Å². The Morgan fingerprint density at radius 1 is 1.19 bits per heavy atom. The Labute approximate surface area is 125 Å². The average molecular weight is 334 g/mol. The molecule has 7 nitrogen and oxygen atoms in total. The first kappa shape index (κ1) is 17.8. The lowest BCUT2D eigenvalue weighted by Gasteiger charge is -2.19. The van der Waals surface area contributed by atoms with Gasteiger partial charge in [-0.05, 0) is 31.3 Å². The summed E-state index contributed by atoms with van der Waals surface area (Å²) >= 11 is 0. The first-order valence-corrected chi connectivity index (χ1v) is 8.97. The van der Waals surface area contributed by atoms with E-state index in [1.165, 1.54) is 37.4 Å². The van der Waals surface area contributed by atoms with Gasteiger partial charge in [-0.25, -0.2) is 21.6 Å². The van der Waals surface area contributed by atoms with Crippen LogP contribution in [0.25, 0.3) is 0 Å². The van der Waals surface area contributed by atoms with Crippen LogP contribution in [0, 0.1) is 0 Å². The van der Waals surface area contributed by atoms with E-state index in [4.69, 9.17) is 5.11 Å². The quantitative estimate of drug-likeness (QED) is 0.639. The first-order valence-electron chi connectivity index (χ1n) is 6.05. The molecule has 0 radical (unpaired) electrons. The van der Waals surface area contributed by atoms with Crippen LogP contribution in [0.4, 0.5) is 0 Å². The highest BCUT2D eigenvalue weighted by atomic mass is 32.2. The fraction of sp³-hybridized carbons (Fsp3) is 0.333. The zero-order chi connectivity index (χ0) is 16.1. The third-order valence-electron chi connectivity index (χ3n) is 2.72. The SMILES string of the molecule is C=CCN(CCO)S(=O)(=O)c1ccc(S(=O)(=O)NC)cc1. The van der Waals surface area contributed by atoms with E-state index in [1.807, 2.05) is 0 Å². The largest absolute Gasteiger partial charge is 0.395 e. The maximum Gasteiger partial charge on any atom is 0.243 e. The van der Waals surface area contributed by atoms with Gasteiger partial charge in [0.25, 0.3) is 0 Å². The summed E-state index contributed by atoms with van der Waals surface area (Å²) in [6.45, 7) is 3.14. The second-order valence-electron chi connectivity index (χ2n) is 4.05. The van der Waals surface area contributed by atoms with E-state index in [1.54, 1.807) is 0 Å². The molecule has 0 bridgehead atoms. The van der Waals surface area contributed by atoms with Crippen molar-refractivity contribution in [1.29, 1.82) is 0 Å². The van der Waals surface area contributed by atoms with Crippen LogP contribution < -0.4 is 4.72 Å². The molecule has 0 aliphatic rings. The second kappa shape index (κ2) is 7.14. The van der Waals surface area contributed by atoms with Crippen LogP contribution in [-0.4, -0.2) is 53.0 Å². The van der Waals surface area contributed by atoms with Gasteiger partial charge in [0.05, 0.1) is 16.4 Å². The zero-order valence-corrected chi connectivity index (χ0v) is 13.2. The van der Waals surface area contributed by atoms with Gasteiger partial charge in [-0.1, -0.05) is 6.08 Å². The molecule has 118 valence electrons. The maximum atomic E-state index is 12.3. The van der Waals surface area contributed by atoms with Gasteiger partial charge in [0.15, 0.2) is 0 Å². The van der Waals surface area contributed by atoms with Gasteiger partial charge in [0.2, 0.25) is 20.0 Å². The Bertz CT molecular complexity index is 681. The number of benzene rings is 1. The molecule has 0 atom stereocenters. The van der Waals surface area contributed by atoms with Crippen molar-refractivity contribution in [3.05, 3.63) is 36.9 Å². The monoisotopic (exact) mass is 334 g/mol. The highest BCUT2D eigenvalue weighted by molar-refractivity contribution is 7.89. The second-order valence-corrected chi connectivity index (χ2v) is 7.88. The van der Waals surface area contributed by atoms with E-state index < -0.39 is 20.0 Å². The summed E-state index contributed by atoms with van der Waals surface area (Å²) in [7, 11) is -6.15. The van der Waals surface area contributed by atoms with Gasteiger partial charge in [0.1, 0.15) is 0 Å². The summed E-state index contributed by atoms with van der Waals surface area (Å²) in [5.74, 6) is 0. The lowest BCUT2D eigenvalue weighted by molar-refractivity contribution is 0.260. The summed E-state index contributed by atoms with van der Waals surface area (Å²) in [4.78, 5) is -0.0748. The molecule has 1 aromatic rings. The molecule has 1 aromatic carbocycles. The number of aliphatic hydroxyl groups excluding tert-OH is 1. The minimum absolute atomic E-state index is 0.0265. The van der Waals surface area contributed by atoms with Crippen molar-refractivity contribution in [2.45, 2.75) is 9.79 Å².